The lowest BCUT2D eigenvalue weighted by atomic mass is 10.1. The molecule has 2 rings (SSSR count). The third kappa shape index (κ3) is 2.44. The van der Waals surface area contributed by atoms with Crippen molar-refractivity contribution < 1.29 is 22.7 Å². The molecule has 1 aromatic heterocycles. The zero-order chi connectivity index (χ0) is 14.0. The second kappa shape index (κ2) is 5.13. The quantitative estimate of drug-likeness (QED) is 0.800. The molecule has 0 aliphatic rings. The van der Waals surface area contributed by atoms with Crippen molar-refractivity contribution in [2.24, 2.45) is 0 Å². The molecule has 0 saturated carbocycles. The van der Waals surface area contributed by atoms with Gasteiger partial charge in [-0.25, -0.2) is 13.6 Å². The first kappa shape index (κ1) is 13.1. The van der Waals surface area contributed by atoms with E-state index in [1.807, 2.05) is 0 Å². The van der Waals surface area contributed by atoms with Crippen LogP contribution in [0.3, 0.4) is 0 Å². The first-order valence-electron chi connectivity index (χ1n) is 5.50. The first-order chi connectivity index (χ1) is 9.04. The van der Waals surface area contributed by atoms with Crippen molar-refractivity contribution in [3.8, 4) is 11.5 Å². The highest BCUT2D eigenvalue weighted by atomic mass is 19.1. The summed E-state index contributed by atoms with van der Waals surface area (Å²) in [4.78, 5) is 11.3. The van der Waals surface area contributed by atoms with E-state index in [2.05, 4.69) is 14.9 Å². The summed E-state index contributed by atoms with van der Waals surface area (Å²) >= 11 is 0. The lowest BCUT2D eigenvalue weighted by Gasteiger charge is -2.02. The van der Waals surface area contributed by atoms with Gasteiger partial charge in [-0.15, -0.1) is 10.2 Å². The van der Waals surface area contributed by atoms with E-state index in [9.17, 15) is 13.6 Å². The lowest BCUT2D eigenvalue weighted by Crippen LogP contribution is -2.04. The fourth-order valence-electron chi connectivity index (χ4n) is 1.45. The Balaban J connectivity index is 2.44. The van der Waals surface area contributed by atoms with Crippen LogP contribution in [0, 0.1) is 18.6 Å². The molecular weight excluding hydrogens is 258 g/mol. The molecule has 0 fully saturated rings. The number of carbonyl (C=O) groups excluding carboxylic acids is 1. The number of esters is 1. The highest BCUT2D eigenvalue weighted by molar-refractivity contribution is 5.84. The van der Waals surface area contributed by atoms with E-state index >= 15 is 0 Å². The van der Waals surface area contributed by atoms with Crippen LogP contribution < -0.4 is 0 Å². The van der Waals surface area contributed by atoms with E-state index in [1.165, 1.54) is 13.0 Å². The fourth-order valence-corrected chi connectivity index (χ4v) is 1.45. The molecule has 0 unspecified atom stereocenters. The smallest absolute Gasteiger partial charge is 0.396 e. The molecular formula is C12H10F2N2O3. The van der Waals surface area contributed by atoms with E-state index in [-0.39, 0.29) is 12.2 Å². The largest absolute Gasteiger partial charge is 0.459 e. The van der Waals surface area contributed by atoms with Crippen LogP contribution in [-0.2, 0) is 4.74 Å². The van der Waals surface area contributed by atoms with E-state index in [4.69, 9.17) is 4.42 Å². The summed E-state index contributed by atoms with van der Waals surface area (Å²) in [6.07, 6.45) is 0. The number of aryl methyl sites for hydroxylation is 1. The van der Waals surface area contributed by atoms with E-state index in [0.29, 0.717) is 0 Å². The van der Waals surface area contributed by atoms with Gasteiger partial charge in [-0.2, -0.15) is 0 Å². The van der Waals surface area contributed by atoms with Crippen molar-refractivity contribution in [2.45, 2.75) is 13.8 Å². The van der Waals surface area contributed by atoms with Crippen molar-refractivity contribution in [1.82, 2.24) is 10.2 Å². The Bertz CT molecular complexity index is 625. The van der Waals surface area contributed by atoms with Crippen LogP contribution in [-0.4, -0.2) is 22.8 Å². The number of halogens is 2. The number of ether oxygens (including phenoxy) is 1. The average molecular weight is 268 g/mol. The predicted molar refractivity (Wildman–Crippen MR) is 60.3 cm³/mol. The van der Waals surface area contributed by atoms with E-state index < -0.39 is 34.9 Å². The Morgan fingerprint density at radius 1 is 1.37 bits per heavy atom. The molecule has 1 aromatic carbocycles. The van der Waals surface area contributed by atoms with Gasteiger partial charge >= 0.3 is 11.9 Å². The fraction of sp³-hybridized carbons (Fsp3) is 0.250. The molecule has 100 valence electrons. The maximum atomic E-state index is 13.8. The maximum absolute atomic E-state index is 13.8. The standard InChI is InChI=1S/C12H10F2N2O3/c1-3-18-12(17)11-16-15-10(19-11)8-7(13)5-4-6(2)9(8)14/h4-5H,3H2,1-2H3. The number of hydrogen-bond acceptors (Lipinski definition) is 5. The monoisotopic (exact) mass is 268 g/mol. The predicted octanol–water partition coefficient (Wildman–Crippen LogP) is 2.50. The average Bonchev–Trinajstić information content (AvgIpc) is 2.84. The van der Waals surface area contributed by atoms with Gasteiger partial charge in [0.2, 0.25) is 0 Å². The summed E-state index contributed by atoms with van der Waals surface area (Å²) in [5.41, 5.74) is -0.227. The minimum absolute atomic E-state index is 0.129. The van der Waals surface area contributed by atoms with Crippen LogP contribution in [0.4, 0.5) is 8.78 Å². The molecule has 2 aromatic rings. The van der Waals surface area contributed by atoms with Crippen LogP contribution in [0.25, 0.3) is 11.5 Å². The number of nitrogens with zero attached hydrogens (tertiary/aromatic N) is 2. The van der Waals surface area contributed by atoms with Gasteiger partial charge in [0.1, 0.15) is 17.2 Å². The molecule has 0 amide bonds. The zero-order valence-electron chi connectivity index (χ0n) is 10.2. The summed E-state index contributed by atoms with van der Waals surface area (Å²) in [6, 6.07) is 2.37. The normalized spacial score (nSPS) is 10.5. The van der Waals surface area contributed by atoms with Gasteiger partial charge in [0.05, 0.1) is 6.61 Å². The molecule has 0 N–H and O–H groups in total. The third-order valence-electron chi connectivity index (χ3n) is 2.37. The number of benzene rings is 1. The van der Waals surface area contributed by atoms with Crippen LogP contribution in [0.15, 0.2) is 16.5 Å². The van der Waals surface area contributed by atoms with E-state index in [0.717, 1.165) is 6.07 Å². The minimum Gasteiger partial charge on any atom is -0.459 e. The Labute approximate surface area is 107 Å². The van der Waals surface area contributed by atoms with Crippen molar-refractivity contribution in [1.29, 1.82) is 0 Å². The molecule has 5 nitrogen and oxygen atoms in total. The first-order valence-corrected chi connectivity index (χ1v) is 5.50. The SMILES string of the molecule is CCOC(=O)c1nnc(-c2c(F)ccc(C)c2F)o1. The molecule has 0 aliphatic heterocycles. The second-order valence-corrected chi connectivity index (χ2v) is 3.69. The molecule has 0 radical (unpaired) electrons. The highest BCUT2D eigenvalue weighted by Gasteiger charge is 2.22. The van der Waals surface area contributed by atoms with Gasteiger partial charge in [-0.1, -0.05) is 6.07 Å². The lowest BCUT2D eigenvalue weighted by molar-refractivity contribution is 0.0481. The van der Waals surface area contributed by atoms with Crippen LogP contribution >= 0.6 is 0 Å². The summed E-state index contributed by atoms with van der Waals surface area (Å²) < 4.78 is 37.0. The van der Waals surface area contributed by atoms with E-state index in [1.54, 1.807) is 6.92 Å². The van der Waals surface area contributed by atoms with Crippen molar-refractivity contribution in [3.05, 3.63) is 35.2 Å². The molecule has 0 bridgehead atoms. The Hall–Kier alpha value is -2.31. The Kier molecular flexibility index (Phi) is 3.55. The van der Waals surface area contributed by atoms with Crippen LogP contribution in [0.5, 0.6) is 0 Å². The molecule has 0 spiro atoms. The molecule has 1 heterocycles. The molecule has 7 heteroatoms. The van der Waals surface area contributed by atoms with Gasteiger partial charge in [0, 0.05) is 0 Å². The van der Waals surface area contributed by atoms with Gasteiger partial charge in [-0.3, -0.25) is 0 Å². The van der Waals surface area contributed by atoms with Gasteiger partial charge in [0.15, 0.2) is 0 Å². The summed E-state index contributed by atoms with van der Waals surface area (Å²) in [6.45, 7) is 3.21. The molecule has 0 atom stereocenters. The number of aromatic nitrogens is 2. The molecule has 19 heavy (non-hydrogen) atoms. The summed E-state index contributed by atoms with van der Waals surface area (Å²) in [5, 5.41) is 6.85. The Morgan fingerprint density at radius 2 is 2.11 bits per heavy atom. The van der Waals surface area contributed by atoms with Crippen molar-refractivity contribution in [3.63, 3.8) is 0 Å². The molecule has 0 saturated heterocycles. The zero-order valence-corrected chi connectivity index (χ0v) is 10.2. The van der Waals surface area contributed by atoms with Crippen molar-refractivity contribution in [2.75, 3.05) is 6.61 Å². The van der Waals surface area contributed by atoms with Crippen LogP contribution in [0.2, 0.25) is 0 Å². The highest BCUT2D eigenvalue weighted by Crippen LogP contribution is 2.26. The van der Waals surface area contributed by atoms with Gasteiger partial charge in [-0.05, 0) is 25.5 Å². The van der Waals surface area contributed by atoms with Gasteiger partial charge < -0.3 is 9.15 Å². The summed E-state index contributed by atoms with van der Waals surface area (Å²) in [5.74, 6) is -3.34. The Morgan fingerprint density at radius 3 is 2.79 bits per heavy atom. The summed E-state index contributed by atoms with van der Waals surface area (Å²) in [7, 11) is 0. The second-order valence-electron chi connectivity index (χ2n) is 3.69. The number of rotatable bonds is 3. The molecule has 0 aliphatic carbocycles. The van der Waals surface area contributed by atoms with Crippen LogP contribution in [0.1, 0.15) is 23.2 Å². The topological polar surface area (TPSA) is 65.2 Å². The number of carbonyl (C=O) groups is 1. The van der Waals surface area contributed by atoms with Crippen molar-refractivity contribution >= 4 is 5.97 Å². The minimum atomic E-state index is -0.845. The third-order valence-corrected chi connectivity index (χ3v) is 2.37. The number of hydrogen-bond donors (Lipinski definition) is 0. The van der Waals surface area contributed by atoms with Gasteiger partial charge in [0.25, 0.3) is 5.89 Å². The maximum Gasteiger partial charge on any atom is 0.396 e.